The van der Waals surface area contributed by atoms with Crippen LogP contribution in [0.5, 0.6) is 0 Å². The van der Waals surface area contributed by atoms with Crippen LogP contribution in [0.2, 0.25) is 0 Å². The number of esters is 2. The number of hydrogen-bond donors (Lipinski definition) is 1. The number of nitrogens with zero attached hydrogens (tertiary/aromatic N) is 4. The van der Waals surface area contributed by atoms with Gasteiger partial charge in [0.2, 0.25) is 0 Å². The van der Waals surface area contributed by atoms with Gasteiger partial charge in [0.25, 0.3) is 6.36 Å². The first-order valence-electron chi connectivity index (χ1n) is 15.5. The fourth-order valence-corrected chi connectivity index (χ4v) is 7.38. The van der Waals surface area contributed by atoms with Gasteiger partial charge >= 0.3 is 11.9 Å². The Labute approximate surface area is 276 Å². The number of alkyl halides is 1. The number of cyclic esters (lactones) is 1. The lowest BCUT2D eigenvalue weighted by molar-refractivity contribution is -0.206. The summed E-state index contributed by atoms with van der Waals surface area (Å²) in [6.45, 7) is 10.9. The Bertz CT molecular complexity index is 1520. The minimum Gasteiger partial charge on any atom is -0.451 e. The molecule has 4 heterocycles. The molecule has 15 heteroatoms. The van der Waals surface area contributed by atoms with Gasteiger partial charge in [-0.25, -0.2) is 0 Å². The van der Waals surface area contributed by atoms with Gasteiger partial charge in [-0.2, -0.15) is 4.39 Å². The van der Waals surface area contributed by atoms with Crippen molar-refractivity contribution in [2.24, 2.45) is 46.4 Å². The molecule has 10 atom stereocenters. The normalized spacial score (nSPS) is 35.0. The predicted octanol–water partition coefficient (Wildman–Crippen LogP) is 4.22. The number of oxime groups is 1. The van der Waals surface area contributed by atoms with Crippen molar-refractivity contribution >= 4 is 40.7 Å². The van der Waals surface area contributed by atoms with E-state index in [1.54, 1.807) is 52.9 Å². The Balaban J connectivity index is 1.67. The molecule has 2 aliphatic rings. The summed E-state index contributed by atoms with van der Waals surface area (Å²) in [5, 5.41) is 13.3. The largest absolute Gasteiger partial charge is 0.451 e. The highest BCUT2D eigenvalue weighted by Crippen LogP contribution is 2.47. The highest BCUT2D eigenvalue weighted by Gasteiger charge is 2.63. The number of carbonyl (C=O) groups is 4. The van der Waals surface area contributed by atoms with Gasteiger partial charge in [0.15, 0.2) is 27.6 Å². The molecule has 0 spiro atoms. The average molecular weight is 676 g/mol. The molecular formula is C32H42FN5O8S. The van der Waals surface area contributed by atoms with Crippen molar-refractivity contribution in [3.63, 3.8) is 0 Å². The fraction of sp³-hybridized carbons (Fsp3) is 0.625. The van der Waals surface area contributed by atoms with Gasteiger partial charge in [0.1, 0.15) is 29.1 Å². The summed E-state index contributed by atoms with van der Waals surface area (Å²) in [6, 6.07) is 5.38. The van der Waals surface area contributed by atoms with E-state index in [1.807, 2.05) is 6.07 Å². The van der Waals surface area contributed by atoms with E-state index >= 15 is 4.39 Å². The Morgan fingerprint density at radius 2 is 1.72 bits per heavy atom. The molecule has 0 aromatic carbocycles. The van der Waals surface area contributed by atoms with E-state index in [0.29, 0.717) is 15.7 Å². The average Bonchev–Trinajstić information content (AvgIpc) is 3.65. The van der Waals surface area contributed by atoms with Crippen LogP contribution in [0.4, 0.5) is 4.39 Å². The molecule has 2 aromatic heterocycles. The van der Waals surface area contributed by atoms with Crippen LogP contribution in [-0.4, -0.2) is 69.2 Å². The second-order valence-corrected chi connectivity index (χ2v) is 14.0. The number of nitrogens with two attached hydrogens (primary N) is 1. The van der Waals surface area contributed by atoms with Crippen LogP contribution >= 0.6 is 11.3 Å². The highest BCUT2D eigenvalue weighted by molar-refractivity contribution is 7.14. The molecule has 2 N–H and O–H groups in total. The molecule has 0 unspecified atom stereocenters. The summed E-state index contributed by atoms with van der Waals surface area (Å²) in [4.78, 5) is 63.4. The maximum absolute atomic E-state index is 16.1. The molecule has 0 bridgehead atoms. The van der Waals surface area contributed by atoms with Crippen LogP contribution in [0.25, 0.3) is 10.7 Å². The van der Waals surface area contributed by atoms with E-state index in [1.165, 1.54) is 32.3 Å². The number of Topliss-reactive ketones (excluding diaryl/α,β-unsaturated/α-hetero) is 2. The summed E-state index contributed by atoms with van der Waals surface area (Å²) in [7, 11) is 1.49. The first-order valence-corrected chi connectivity index (χ1v) is 16.3. The lowest BCUT2D eigenvalue weighted by atomic mass is 9.69. The summed E-state index contributed by atoms with van der Waals surface area (Å²) in [5.41, 5.74) is 3.90. The standard InChI is InChI=1S/C32H42FN5O8S/c1-15-13-31(6,43-8)14-16(2)24(40)18(4)28(41)44-30(33)32(7)22(17(3)23(15)39)21(29(42)45-32)25(34)38-46-19(5)26-36-37-27(47-26)20-11-9-10-12-35-20/h9-12,15-19,21-22,30H,13-14H2,1-8H3,(H2,34,38)/t15-,16-,17-,18-,19+,21-,22+,30-,31-,32+/m1/s1. The second-order valence-electron chi connectivity index (χ2n) is 13.0. The third kappa shape index (κ3) is 7.35. The van der Waals surface area contributed by atoms with Gasteiger partial charge in [0, 0.05) is 37.0 Å². The second kappa shape index (κ2) is 14.1. The number of carbonyl (C=O) groups excluding carboxylic acids is 4. The van der Waals surface area contributed by atoms with Gasteiger partial charge in [-0.05, 0) is 52.7 Å². The van der Waals surface area contributed by atoms with E-state index in [4.69, 9.17) is 24.8 Å². The van der Waals surface area contributed by atoms with Crippen LogP contribution in [0, 0.1) is 35.5 Å². The number of fused-ring (bicyclic) bond motifs is 1. The van der Waals surface area contributed by atoms with Crippen molar-refractivity contribution < 1.29 is 42.6 Å². The van der Waals surface area contributed by atoms with Crippen molar-refractivity contribution in [3.8, 4) is 10.7 Å². The van der Waals surface area contributed by atoms with Gasteiger partial charge in [-0.3, -0.25) is 24.2 Å². The minimum absolute atomic E-state index is 0.212. The van der Waals surface area contributed by atoms with E-state index < -0.39 is 76.9 Å². The molecule has 13 nitrogen and oxygen atoms in total. The number of aromatic nitrogens is 3. The summed E-state index contributed by atoms with van der Waals surface area (Å²) in [5.74, 6) is -9.59. The Hall–Kier alpha value is -3.85. The highest BCUT2D eigenvalue weighted by atomic mass is 32.1. The lowest BCUT2D eigenvalue weighted by Crippen LogP contribution is -2.52. The third-order valence-electron chi connectivity index (χ3n) is 9.28. The topological polar surface area (TPSA) is 182 Å². The smallest absolute Gasteiger partial charge is 0.318 e. The fourth-order valence-electron chi connectivity index (χ4n) is 6.58. The van der Waals surface area contributed by atoms with E-state index in [2.05, 4.69) is 20.3 Å². The van der Waals surface area contributed by atoms with Crippen molar-refractivity contribution in [2.45, 2.75) is 85.0 Å². The van der Waals surface area contributed by atoms with Crippen LogP contribution < -0.4 is 5.73 Å². The maximum Gasteiger partial charge on any atom is 0.318 e. The number of amidine groups is 1. The quantitative estimate of drug-likeness (QED) is 0.152. The van der Waals surface area contributed by atoms with Gasteiger partial charge < -0.3 is 24.8 Å². The summed E-state index contributed by atoms with van der Waals surface area (Å²) in [6.07, 6.45) is -1.22. The van der Waals surface area contributed by atoms with Gasteiger partial charge in [0.05, 0.1) is 5.60 Å². The predicted molar refractivity (Wildman–Crippen MR) is 168 cm³/mol. The zero-order valence-electron chi connectivity index (χ0n) is 27.8. The Morgan fingerprint density at radius 1 is 1.06 bits per heavy atom. The first kappa shape index (κ1) is 36.0. The van der Waals surface area contributed by atoms with Crippen LogP contribution in [0.1, 0.15) is 72.4 Å². The molecular weight excluding hydrogens is 633 g/mol. The lowest BCUT2D eigenvalue weighted by Gasteiger charge is -2.38. The molecule has 256 valence electrons. The maximum atomic E-state index is 16.1. The molecule has 4 rings (SSSR count). The van der Waals surface area contributed by atoms with E-state index in [9.17, 15) is 19.2 Å². The molecule has 2 aliphatic heterocycles. The first-order chi connectivity index (χ1) is 22.0. The zero-order chi connectivity index (χ0) is 34.8. The SMILES string of the molecule is CO[C@@]1(C)C[C@@H](C)C(=O)[C@@H](C)C(=O)O[C@@H](F)[C@@]2(C)OC(=O)[C@@H](/C(N)=N/O[C@@H](C)c3nnc(-c4ccccn4)s3)[C@@H]2[C@@H](C)C(=O)[C@H](C)C1. The molecule has 0 radical (unpaired) electrons. The summed E-state index contributed by atoms with van der Waals surface area (Å²) < 4.78 is 32.6. The number of pyridine rings is 1. The number of methoxy groups -OCH3 is 1. The monoisotopic (exact) mass is 675 g/mol. The van der Waals surface area contributed by atoms with Crippen molar-refractivity contribution in [3.05, 3.63) is 29.4 Å². The molecule has 47 heavy (non-hydrogen) atoms. The molecule has 0 aliphatic carbocycles. The number of hydrogen-bond acceptors (Lipinski definition) is 13. The number of ketones is 2. The molecule has 2 aromatic rings. The van der Waals surface area contributed by atoms with E-state index in [0.717, 1.165) is 0 Å². The zero-order valence-corrected chi connectivity index (χ0v) is 28.6. The summed E-state index contributed by atoms with van der Waals surface area (Å²) >= 11 is 1.23. The molecule has 2 saturated heterocycles. The Kier molecular flexibility index (Phi) is 10.8. The molecule has 2 fully saturated rings. The van der Waals surface area contributed by atoms with Gasteiger partial charge in [-0.15, -0.1) is 10.2 Å². The number of halogens is 1. The van der Waals surface area contributed by atoms with Crippen LogP contribution in [0.15, 0.2) is 29.6 Å². The molecule has 0 saturated carbocycles. The number of ether oxygens (including phenoxy) is 3. The van der Waals surface area contributed by atoms with Crippen molar-refractivity contribution in [2.75, 3.05) is 7.11 Å². The van der Waals surface area contributed by atoms with Gasteiger partial charge in [-0.1, -0.05) is 43.3 Å². The Morgan fingerprint density at radius 3 is 2.34 bits per heavy atom. The van der Waals surface area contributed by atoms with E-state index in [-0.39, 0.29) is 24.5 Å². The van der Waals surface area contributed by atoms with Crippen LogP contribution in [-0.2, 0) is 38.2 Å². The van der Waals surface area contributed by atoms with Crippen LogP contribution in [0.3, 0.4) is 0 Å². The van der Waals surface area contributed by atoms with Crippen molar-refractivity contribution in [1.29, 1.82) is 0 Å². The van der Waals surface area contributed by atoms with Crippen molar-refractivity contribution in [1.82, 2.24) is 15.2 Å². The minimum atomic E-state index is -2.53. The third-order valence-corrected chi connectivity index (χ3v) is 10.4. The molecule has 0 amide bonds. The number of rotatable bonds is 6.